The first-order valence-electron chi connectivity index (χ1n) is 5.34. The van der Waals surface area contributed by atoms with Crippen molar-refractivity contribution in [1.82, 2.24) is 5.32 Å². The Labute approximate surface area is 117 Å². The van der Waals surface area contributed by atoms with Gasteiger partial charge in [-0.1, -0.05) is 17.7 Å². The van der Waals surface area contributed by atoms with Gasteiger partial charge in [-0.05, 0) is 12.1 Å². The van der Waals surface area contributed by atoms with Crippen LogP contribution in [0.3, 0.4) is 0 Å². The highest BCUT2D eigenvalue weighted by Crippen LogP contribution is 2.21. The number of carbonyl (C=O) groups excluding carboxylic acids is 2. The summed E-state index contributed by atoms with van der Waals surface area (Å²) in [5.41, 5.74) is 4.63. The fourth-order valence-corrected chi connectivity index (χ4v) is 1.49. The van der Waals surface area contributed by atoms with Crippen molar-refractivity contribution >= 4 is 35.2 Å². The Kier molecular flexibility index (Phi) is 5.27. The van der Waals surface area contributed by atoms with Crippen molar-refractivity contribution < 1.29 is 23.9 Å². The van der Waals surface area contributed by atoms with Gasteiger partial charge >= 0.3 is 12.0 Å². The molecule has 0 radical (unpaired) electrons. The van der Waals surface area contributed by atoms with E-state index in [0.29, 0.717) is 0 Å². The number of primary amides is 1. The predicted molar refractivity (Wildman–Crippen MR) is 68.8 cm³/mol. The van der Waals surface area contributed by atoms with Crippen LogP contribution in [0, 0.1) is 5.82 Å². The molecule has 0 saturated heterocycles. The largest absolute Gasteiger partial charge is 0.480 e. The molecule has 0 bridgehead atoms. The van der Waals surface area contributed by atoms with E-state index in [4.69, 9.17) is 22.4 Å². The Morgan fingerprint density at radius 2 is 2.05 bits per heavy atom. The minimum Gasteiger partial charge on any atom is -0.480 e. The Hall–Kier alpha value is -2.35. The number of carboxylic acids is 1. The van der Waals surface area contributed by atoms with Crippen LogP contribution in [0.2, 0.25) is 5.02 Å². The SMILES string of the molecule is NC(=O)CC(NC(=O)Nc1cccc(Cl)c1F)C(=O)O. The van der Waals surface area contributed by atoms with E-state index in [1.54, 1.807) is 0 Å². The van der Waals surface area contributed by atoms with E-state index in [9.17, 15) is 18.8 Å². The van der Waals surface area contributed by atoms with Gasteiger partial charge in [0.05, 0.1) is 17.1 Å². The number of anilines is 1. The van der Waals surface area contributed by atoms with Crippen molar-refractivity contribution in [3.63, 3.8) is 0 Å². The first-order valence-corrected chi connectivity index (χ1v) is 5.71. The molecule has 1 aromatic rings. The summed E-state index contributed by atoms with van der Waals surface area (Å²) < 4.78 is 13.5. The quantitative estimate of drug-likeness (QED) is 0.646. The normalized spacial score (nSPS) is 11.5. The van der Waals surface area contributed by atoms with Crippen LogP contribution in [0.25, 0.3) is 0 Å². The molecule has 1 aromatic carbocycles. The molecule has 1 rings (SSSR count). The highest BCUT2D eigenvalue weighted by molar-refractivity contribution is 6.31. The van der Waals surface area contributed by atoms with Crippen LogP contribution in [0.4, 0.5) is 14.9 Å². The Bertz CT molecular complexity index is 552. The van der Waals surface area contributed by atoms with Gasteiger partial charge in [0.15, 0.2) is 5.82 Å². The summed E-state index contributed by atoms with van der Waals surface area (Å²) in [6.45, 7) is 0. The van der Waals surface area contributed by atoms with Crippen molar-refractivity contribution in [2.75, 3.05) is 5.32 Å². The van der Waals surface area contributed by atoms with E-state index in [-0.39, 0.29) is 10.7 Å². The lowest BCUT2D eigenvalue weighted by Crippen LogP contribution is -2.45. The number of rotatable bonds is 5. The maximum absolute atomic E-state index is 13.5. The molecule has 0 spiro atoms. The van der Waals surface area contributed by atoms with Gasteiger partial charge < -0.3 is 21.5 Å². The number of carboxylic acid groups (broad SMARTS) is 1. The number of hydrogen-bond donors (Lipinski definition) is 4. The number of amides is 3. The van der Waals surface area contributed by atoms with Crippen LogP contribution in [-0.4, -0.2) is 29.1 Å². The zero-order chi connectivity index (χ0) is 15.3. The summed E-state index contributed by atoms with van der Waals surface area (Å²) in [7, 11) is 0. The zero-order valence-electron chi connectivity index (χ0n) is 10.0. The molecule has 3 amide bonds. The fraction of sp³-hybridized carbons (Fsp3) is 0.182. The Morgan fingerprint density at radius 1 is 1.40 bits per heavy atom. The van der Waals surface area contributed by atoms with Crippen molar-refractivity contribution in [2.45, 2.75) is 12.5 Å². The Morgan fingerprint density at radius 3 is 2.60 bits per heavy atom. The third-order valence-corrected chi connectivity index (χ3v) is 2.50. The monoisotopic (exact) mass is 303 g/mol. The number of benzene rings is 1. The molecule has 1 unspecified atom stereocenters. The average molecular weight is 304 g/mol. The molecular weight excluding hydrogens is 293 g/mol. The molecule has 108 valence electrons. The van der Waals surface area contributed by atoms with Crippen LogP contribution in [0.15, 0.2) is 18.2 Å². The topological polar surface area (TPSA) is 122 Å². The minimum atomic E-state index is -1.50. The van der Waals surface area contributed by atoms with E-state index < -0.39 is 36.2 Å². The van der Waals surface area contributed by atoms with Crippen LogP contribution >= 0.6 is 11.6 Å². The number of nitrogens with two attached hydrogens (primary N) is 1. The van der Waals surface area contributed by atoms with Crippen molar-refractivity contribution in [1.29, 1.82) is 0 Å². The lowest BCUT2D eigenvalue weighted by molar-refractivity contribution is -0.140. The molecule has 9 heteroatoms. The van der Waals surface area contributed by atoms with Gasteiger partial charge in [0.2, 0.25) is 5.91 Å². The lowest BCUT2D eigenvalue weighted by Gasteiger charge is -2.14. The molecule has 0 saturated carbocycles. The summed E-state index contributed by atoms with van der Waals surface area (Å²) in [6, 6.07) is 1.42. The van der Waals surface area contributed by atoms with Gasteiger partial charge in [-0.15, -0.1) is 0 Å². The molecule has 0 aliphatic rings. The van der Waals surface area contributed by atoms with Crippen molar-refractivity contribution in [3.05, 3.63) is 29.0 Å². The van der Waals surface area contributed by atoms with E-state index in [0.717, 1.165) is 0 Å². The van der Waals surface area contributed by atoms with Gasteiger partial charge in [0.25, 0.3) is 0 Å². The smallest absolute Gasteiger partial charge is 0.326 e. The van der Waals surface area contributed by atoms with Crippen molar-refractivity contribution in [3.8, 4) is 0 Å². The fourth-order valence-electron chi connectivity index (χ4n) is 1.32. The second-order valence-electron chi connectivity index (χ2n) is 3.76. The highest BCUT2D eigenvalue weighted by atomic mass is 35.5. The van der Waals surface area contributed by atoms with E-state index in [2.05, 4.69) is 5.32 Å². The summed E-state index contributed by atoms with van der Waals surface area (Å²) in [6.07, 6.45) is -0.583. The number of urea groups is 1. The summed E-state index contributed by atoms with van der Waals surface area (Å²) in [5, 5.41) is 12.7. The zero-order valence-corrected chi connectivity index (χ0v) is 10.8. The highest BCUT2D eigenvalue weighted by Gasteiger charge is 2.22. The van der Waals surface area contributed by atoms with E-state index >= 15 is 0 Å². The van der Waals surface area contributed by atoms with Gasteiger partial charge in [0, 0.05) is 0 Å². The average Bonchev–Trinajstić information content (AvgIpc) is 2.33. The molecule has 0 aliphatic heterocycles. The van der Waals surface area contributed by atoms with Gasteiger partial charge in [0.1, 0.15) is 6.04 Å². The first kappa shape index (κ1) is 15.7. The Balaban J connectivity index is 2.73. The maximum Gasteiger partial charge on any atom is 0.326 e. The number of nitrogens with one attached hydrogen (secondary N) is 2. The van der Waals surface area contributed by atoms with E-state index in [1.165, 1.54) is 18.2 Å². The van der Waals surface area contributed by atoms with Crippen LogP contribution in [0.5, 0.6) is 0 Å². The number of aliphatic carboxylic acids is 1. The third-order valence-electron chi connectivity index (χ3n) is 2.21. The minimum absolute atomic E-state index is 0.199. The van der Waals surface area contributed by atoms with Gasteiger partial charge in [-0.25, -0.2) is 14.0 Å². The number of carbonyl (C=O) groups is 3. The molecule has 0 aliphatic carbocycles. The number of halogens is 2. The summed E-state index contributed by atoms with van der Waals surface area (Å²) in [5.74, 6) is -3.19. The van der Waals surface area contributed by atoms with Crippen LogP contribution in [-0.2, 0) is 9.59 Å². The lowest BCUT2D eigenvalue weighted by atomic mass is 10.2. The molecule has 7 nitrogen and oxygen atoms in total. The molecule has 0 aromatic heterocycles. The predicted octanol–water partition coefficient (Wildman–Crippen LogP) is 0.929. The third kappa shape index (κ3) is 4.39. The number of hydrogen-bond acceptors (Lipinski definition) is 3. The summed E-state index contributed by atoms with van der Waals surface area (Å²) in [4.78, 5) is 33.0. The maximum atomic E-state index is 13.5. The van der Waals surface area contributed by atoms with Crippen molar-refractivity contribution in [2.24, 2.45) is 5.73 Å². The summed E-state index contributed by atoms with van der Waals surface area (Å²) >= 11 is 5.52. The molecule has 1 atom stereocenters. The van der Waals surface area contributed by atoms with Crippen LogP contribution < -0.4 is 16.4 Å². The molecule has 5 N–H and O–H groups in total. The van der Waals surface area contributed by atoms with E-state index in [1.807, 2.05) is 5.32 Å². The standard InChI is InChI=1S/C11H11ClFN3O4/c12-5-2-1-3-6(9(5)13)15-11(20)16-7(10(18)19)4-8(14)17/h1-3,7H,4H2,(H2,14,17)(H,18,19)(H2,15,16,20). The molecule has 20 heavy (non-hydrogen) atoms. The second kappa shape index (κ2) is 6.71. The van der Waals surface area contributed by atoms with Gasteiger partial charge in [-0.3, -0.25) is 4.79 Å². The van der Waals surface area contributed by atoms with Crippen LogP contribution in [0.1, 0.15) is 6.42 Å². The molecule has 0 heterocycles. The van der Waals surface area contributed by atoms with Gasteiger partial charge in [-0.2, -0.15) is 0 Å². The molecule has 0 fully saturated rings. The first-order chi connectivity index (χ1) is 9.31. The molecular formula is C11H11ClFN3O4. The second-order valence-corrected chi connectivity index (χ2v) is 4.17.